The first-order chi connectivity index (χ1) is 15.6. The number of nitrogens with zero attached hydrogens (tertiary/aromatic N) is 3. The van der Waals surface area contributed by atoms with Crippen molar-refractivity contribution in [2.45, 2.75) is 24.9 Å². The van der Waals surface area contributed by atoms with Crippen LogP contribution in [0.4, 0.5) is 0 Å². The minimum Gasteiger partial charge on any atom is -0.503 e. The zero-order chi connectivity index (χ0) is 23.8. The maximum Gasteiger partial charge on any atom is 0.347 e. The van der Waals surface area contributed by atoms with Gasteiger partial charge in [0.25, 0.3) is 0 Å². The van der Waals surface area contributed by atoms with Crippen LogP contribution >= 0.6 is 31.9 Å². The number of ether oxygens (including phenoxy) is 1. The van der Waals surface area contributed by atoms with Gasteiger partial charge in [0.1, 0.15) is 0 Å². The number of rotatable bonds is 2. The summed E-state index contributed by atoms with van der Waals surface area (Å²) in [6, 6.07) is 2.65. The molecule has 3 aliphatic rings. The Labute approximate surface area is 203 Å². The molecule has 11 heteroatoms. The molecular formula is C22H17Br2N3O6. The number of aromatic hydroxyl groups is 1. The fraction of sp³-hybridized carbons (Fsp3) is 0.273. The van der Waals surface area contributed by atoms with Crippen LogP contribution in [0.3, 0.4) is 0 Å². The van der Waals surface area contributed by atoms with Gasteiger partial charge in [-0.25, -0.2) is 23.5 Å². The number of fused-ring (bicyclic) bond motifs is 3. The fourth-order valence-electron chi connectivity index (χ4n) is 4.88. The molecule has 0 saturated heterocycles. The summed E-state index contributed by atoms with van der Waals surface area (Å²) in [7, 11) is 2.82. The van der Waals surface area contributed by atoms with E-state index in [4.69, 9.17) is 4.74 Å². The van der Waals surface area contributed by atoms with E-state index in [2.05, 4.69) is 31.9 Å². The molecule has 0 amide bonds. The van der Waals surface area contributed by atoms with Crippen molar-refractivity contribution in [2.24, 2.45) is 7.05 Å². The minimum atomic E-state index is -0.672. The number of Topliss-reactive ketones (excluding diaryl/α,β-unsaturated/α-hetero) is 1. The van der Waals surface area contributed by atoms with Crippen molar-refractivity contribution < 1.29 is 19.4 Å². The average Bonchev–Trinajstić information content (AvgIpc) is 3.02. The van der Waals surface area contributed by atoms with Crippen molar-refractivity contribution in [3.63, 3.8) is 0 Å². The number of benzene rings is 1. The molecule has 1 N–H and O–H groups in total. The first-order valence-corrected chi connectivity index (χ1v) is 11.6. The van der Waals surface area contributed by atoms with E-state index < -0.39 is 23.3 Å². The molecule has 9 nitrogen and oxygen atoms in total. The molecule has 5 rings (SSSR count). The molecule has 0 fully saturated rings. The summed E-state index contributed by atoms with van der Waals surface area (Å²) in [5.41, 5.74) is 1.01. The third-order valence-electron chi connectivity index (χ3n) is 6.39. The summed E-state index contributed by atoms with van der Waals surface area (Å²) in [4.78, 5) is 51.7. The van der Waals surface area contributed by atoms with Gasteiger partial charge in [-0.2, -0.15) is 0 Å². The van der Waals surface area contributed by atoms with Gasteiger partial charge < -0.3 is 9.84 Å². The van der Waals surface area contributed by atoms with Crippen LogP contribution in [0.1, 0.15) is 23.9 Å². The molecule has 33 heavy (non-hydrogen) atoms. The van der Waals surface area contributed by atoms with Gasteiger partial charge in [0, 0.05) is 36.6 Å². The van der Waals surface area contributed by atoms with E-state index >= 15 is 0 Å². The van der Waals surface area contributed by atoms with Crippen LogP contribution in [-0.2, 0) is 23.2 Å². The largest absolute Gasteiger partial charge is 0.503 e. The number of methoxy groups -OCH3 is 1. The first-order valence-electron chi connectivity index (χ1n) is 9.99. The molecule has 2 aromatic rings. The van der Waals surface area contributed by atoms with E-state index in [1.807, 2.05) is 6.08 Å². The van der Waals surface area contributed by atoms with Crippen molar-refractivity contribution in [2.75, 3.05) is 7.11 Å². The number of halogens is 2. The lowest BCUT2D eigenvalue weighted by molar-refractivity contribution is -0.115. The number of ketones is 2. The van der Waals surface area contributed by atoms with Gasteiger partial charge in [-0.3, -0.25) is 9.59 Å². The molecular weight excluding hydrogens is 562 g/mol. The van der Waals surface area contributed by atoms with Gasteiger partial charge in [0.2, 0.25) is 0 Å². The van der Waals surface area contributed by atoms with Gasteiger partial charge >= 0.3 is 11.4 Å². The van der Waals surface area contributed by atoms with Crippen LogP contribution in [0.15, 0.2) is 59.5 Å². The molecule has 1 aromatic heterocycles. The number of phenols is 1. The van der Waals surface area contributed by atoms with Crippen LogP contribution in [0, 0.1) is 0 Å². The van der Waals surface area contributed by atoms with Crippen LogP contribution < -0.4 is 16.1 Å². The molecule has 0 radical (unpaired) electrons. The highest BCUT2D eigenvalue weighted by Gasteiger charge is 2.45. The van der Waals surface area contributed by atoms with Crippen LogP contribution in [-0.4, -0.2) is 37.7 Å². The van der Waals surface area contributed by atoms with E-state index in [0.717, 1.165) is 10.1 Å². The van der Waals surface area contributed by atoms with E-state index in [9.17, 15) is 24.3 Å². The molecule has 0 spiro atoms. The van der Waals surface area contributed by atoms with Gasteiger partial charge in [0.15, 0.2) is 23.1 Å². The number of hydrogen-bond donors (Lipinski definition) is 1. The molecule has 0 unspecified atom stereocenters. The van der Waals surface area contributed by atoms with Crippen LogP contribution in [0.2, 0.25) is 0 Å². The zero-order valence-corrected chi connectivity index (χ0v) is 20.6. The molecule has 1 aliphatic heterocycles. The van der Waals surface area contributed by atoms with Gasteiger partial charge in [-0.05, 0) is 55.1 Å². The van der Waals surface area contributed by atoms with Crippen molar-refractivity contribution in [3.05, 3.63) is 76.5 Å². The predicted molar refractivity (Wildman–Crippen MR) is 125 cm³/mol. The normalized spacial score (nSPS) is 21.8. The smallest absolute Gasteiger partial charge is 0.347 e. The lowest BCUT2D eigenvalue weighted by Gasteiger charge is -2.39. The number of phenolic OH excluding ortho intramolecular Hbond substituents is 1. The molecule has 1 aromatic carbocycles. The third-order valence-corrected chi connectivity index (χ3v) is 7.59. The summed E-state index contributed by atoms with van der Waals surface area (Å²) in [5, 5.41) is 10.3. The monoisotopic (exact) mass is 577 g/mol. The quantitative estimate of drug-likeness (QED) is 0.432. The third kappa shape index (κ3) is 3.02. The molecule has 0 bridgehead atoms. The Kier molecular flexibility index (Phi) is 5.02. The maximum atomic E-state index is 13.2. The highest BCUT2D eigenvalue weighted by Crippen LogP contribution is 2.51. The Morgan fingerprint density at radius 2 is 1.85 bits per heavy atom. The van der Waals surface area contributed by atoms with Gasteiger partial charge in [-0.1, -0.05) is 6.08 Å². The average molecular weight is 579 g/mol. The second-order valence-electron chi connectivity index (χ2n) is 8.04. The van der Waals surface area contributed by atoms with Gasteiger partial charge in [-0.15, -0.1) is 0 Å². The molecule has 0 saturated carbocycles. The van der Waals surface area contributed by atoms with Crippen LogP contribution in [0.25, 0.3) is 0 Å². The Balaban J connectivity index is 1.81. The Morgan fingerprint density at radius 3 is 2.55 bits per heavy atom. The first kappa shape index (κ1) is 21.9. The molecule has 2 aliphatic carbocycles. The van der Waals surface area contributed by atoms with Crippen molar-refractivity contribution >= 4 is 43.4 Å². The molecule has 2 heterocycles. The lowest BCUT2D eigenvalue weighted by atomic mass is 9.69. The van der Waals surface area contributed by atoms with E-state index in [1.54, 1.807) is 12.1 Å². The Hall–Kier alpha value is -2.92. The maximum absolute atomic E-state index is 13.2. The topological polar surface area (TPSA) is 113 Å². The lowest BCUT2D eigenvalue weighted by Crippen LogP contribution is -2.40. The number of hydrogen-bond acceptors (Lipinski definition) is 6. The molecule has 2 atom stereocenters. The second kappa shape index (κ2) is 7.56. The highest BCUT2D eigenvalue weighted by atomic mass is 79.9. The summed E-state index contributed by atoms with van der Waals surface area (Å²) >= 11 is 6.51. The van der Waals surface area contributed by atoms with Gasteiger partial charge in [0.05, 0.1) is 28.7 Å². The number of carbonyl (C=O) groups is 2. The standard InChI is InChI=1S/C22H17Br2N3O6/c1-25-21(31)26-4-3-10-14(27(26)22(25)32)7-11-18(15(28)8-13(24)19(11)29)17(10)9-5-12(23)20(30)16(6-9)33-2/h3,5-6,8,14,17,30H,4,7H2,1-2H3/t14-,17+/m1/s1. The van der Waals surface area contributed by atoms with E-state index in [-0.39, 0.29) is 40.5 Å². The number of allylic oxidation sites excluding steroid dienone is 6. The minimum absolute atomic E-state index is 0.0951. The van der Waals surface area contributed by atoms with E-state index in [0.29, 0.717) is 21.2 Å². The highest BCUT2D eigenvalue weighted by molar-refractivity contribution is 9.12. The molecule has 170 valence electrons. The number of carbonyl (C=O) groups excluding carboxylic acids is 2. The second-order valence-corrected chi connectivity index (χ2v) is 9.75. The summed E-state index contributed by atoms with van der Waals surface area (Å²) < 4.78 is 9.54. The predicted octanol–water partition coefficient (Wildman–Crippen LogP) is 2.22. The number of aromatic nitrogens is 3. The fourth-order valence-corrected chi connectivity index (χ4v) is 5.79. The van der Waals surface area contributed by atoms with Crippen LogP contribution in [0.5, 0.6) is 11.5 Å². The summed E-state index contributed by atoms with van der Waals surface area (Å²) in [6.07, 6.45) is 3.19. The Bertz CT molecular complexity index is 1490. The van der Waals surface area contributed by atoms with Crippen molar-refractivity contribution in [3.8, 4) is 11.5 Å². The zero-order valence-electron chi connectivity index (χ0n) is 17.5. The van der Waals surface area contributed by atoms with E-state index in [1.165, 1.54) is 29.6 Å². The van der Waals surface area contributed by atoms with Crippen molar-refractivity contribution in [1.82, 2.24) is 13.9 Å². The summed E-state index contributed by atoms with van der Waals surface area (Å²) in [6.45, 7) is 0.151. The Morgan fingerprint density at radius 1 is 1.12 bits per heavy atom. The summed E-state index contributed by atoms with van der Waals surface area (Å²) in [5.74, 6) is -1.22. The SMILES string of the molecule is COc1cc([C@H]2C3=CCn4c(=O)n(C)c(=O)n4[C@@H]3CC3=C2C(=O)C=C(Br)C3=O)cc(Br)c1O. The van der Waals surface area contributed by atoms with Crippen molar-refractivity contribution in [1.29, 1.82) is 0 Å².